The van der Waals surface area contributed by atoms with E-state index in [-0.39, 0.29) is 0 Å². The molecule has 2 nitrogen and oxygen atoms in total. The molecule has 0 bridgehead atoms. The SMILES string of the molecule is Cc1cc(NCC2CCCC(Cl)C2)c2ccccc2n1. The van der Waals surface area contributed by atoms with E-state index < -0.39 is 0 Å². The zero-order chi connectivity index (χ0) is 13.9. The van der Waals surface area contributed by atoms with Crippen LogP contribution in [-0.4, -0.2) is 16.9 Å². The first-order valence-corrected chi connectivity index (χ1v) is 7.90. The van der Waals surface area contributed by atoms with E-state index in [0.717, 1.165) is 24.2 Å². The van der Waals surface area contributed by atoms with E-state index in [1.165, 1.54) is 30.3 Å². The maximum absolute atomic E-state index is 6.28. The molecule has 1 saturated carbocycles. The van der Waals surface area contributed by atoms with Gasteiger partial charge in [-0.05, 0) is 44.2 Å². The number of aromatic nitrogens is 1. The number of anilines is 1. The summed E-state index contributed by atoms with van der Waals surface area (Å²) in [5.74, 6) is 0.693. The molecule has 20 heavy (non-hydrogen) atoms. The summed E-state index contributed by atoms with van der Waals surface area (Å²) in [6.07, 6.45) is 4.86. The van der Waals surface area contributed by atoms with Gasteiger partial charge in [0.05, 0.1) is 5.52 Å². The highest BCUT2D eigenvalue weighted by Gasteiger charge is 2.20. The molecular formula is C17H21ClN2. The third kappa shape index (κ3) is 3.06. The highest BCUT2D eigenvalue weighted by Crippen LogP contribution is 2.29. The van der Waals surface area contributed by atoms with E-state index in [2.05, 4.69) is 34.6 Å². The van der Waals surface area contributed by atoms with Crippen molar-refractivity contribution in [3.05, 3.63) is 36.0 Å². The van der Waals surface area contributed by atoms with Crippen molar-refractivity contribution >= 4 is 28.2 Å². The van der Waals surface area contributed by atoms with E-state index in [1.807, 2.05) is 13.0 Å². The molecule has 1 fully saturated rings. The van der Waals surface area contributed by atoms with Crippen molar-refractivity contribution in [1.29, 1.82) is 0 Å². The zero-order valence-electron chi connectivity index (χ0n) is 11.9. The number of hydrogen-bond acceptors (Lipinski definition) is 2. The predicted molar refractivity (Wildman–Crippen MR) is 86.6 cm³/mol. The topological polar surface area (TPSA) is 24.9 Å². The van der Waals surface area contributed by atoms with Gasteiger partial charge in [0.25, 0.3) is 0 Å². The average molecular weight is 289 g/mol. The van der Waals surface area contributed by atoms with Crippen molar-refractivity contribution in [2.24, 2.45) is 5.92 Å². The quantitative estimate of drug-likeness (QED) is 0.824. The Morgan fingerprint density at radius 1 is 1.30 bits per heavy atom. The van der Waals surface area contributed by atoms with Gasteiger partial charge in [-0.25, -0.2) is 0 Å². The third-order valence-corrected chi connectivity index (χ3v) is 4.54. The van der Waals surface area contributed by atoms with Crippen LogP contribution in [0, 0.1) is 12.8 Å². The van der Waals surface area contributed by atoms with Crippen LogP contribution in [0.4, 0.5) is 5.69 Å². The second-order valence-corrected chi connectivity index (χ2v) is 6.46. The van der Waals surface area contributed by atoms with Crippen molar-refractivity contribution in [3.63, 3.8) is 0 Å². The molecule has 0 aliphatic heterocycles. The first-order chi connectivity index (χ1) is 9.72. The van der Waals surface area contributed by atoms with Gasteiger partial charge in [-0.1, -0.05) is 24.6 Å². The molecule has 1 aromatic carbocycles. The minimum absolute atomic E-state index is 0.367. The van der Waals surface area contributed by atoms with E-state index in [9.17, 15) is 0 Å². The van der Waals surface area contributed by atoms with Crippen LogP contribution in [0.25, 0.3) is 10.9 Å². The van der Waals surface area contributed by atoms with Crippen molar-refractivity contribution in [2.75, 3.05) is 11.9 Å². The minimum Gasteiger partial charge on any atom is -0.384 e. The van der Waals surface area contributed by atoms with Crippen LogP contribution < -0.4 is 5.32 Å². The Morgan fingerprint density at radius 3 is 3.00 bits per heavy atom. The summed E-state index contributed by atoms with van der Waals surface area (Å²) < 4.78 is 0. The normalized spacial score (nSPS) is 22.9. The van der Waals surface area contributed by atoms with Gasteiger partial charge in [0, 0.05) is 28.7 Å². The summed E-state index contributed by atoms with van der Waals surface area (Å²) in [4.78, 5) is 4.58. The molecule has 0 spiro atoms. The number of benzene rings is 1. The van der Waals surface area contributed by atoms with Crippen LogP contribution in [0.15, 0.2) is 30.3 Å². The Labute approximate surface area is 125 Å². The van der Waals surface area contributed by atoms with E-state index >= 15 is 0 Å². The molecule has 3 heteroatoms. The summed E-state index contributed by atoms with van der Waals surface area (Å²) in [7, 11) is 0. The summed E-state index contributed by atoms with van der Waals surface area (Å²) in [5.41, 5.74) is 3.32. The number of hydrogen-bond donors (Lipinski definition) is 1. The Kier molecular flexibility index (Phi) is 4.11. The van der Waals surface area contributed by atoms with Crippen molar-refractivity contribution < 1.29 is 0 Å². The Bertz CT molecular complexity index is 597. The van der Waals surface area contributed by atoms with Gasteiger partial charge in [-0.2, -0.15) is 0 Å². The largest absolute Gasteiger partial charge is 0.384 e. The Balaban J connectivity index is 1.77. The molecule has 3 rings (SSSR count). The van der Waals surface area contributed by atoms with Gasteiger partial charge in [-0.3, -0.25) is 4.98 Å². The third-order valence-electron chi connectivity index (χ3n) is 4.14. The second kappa shape index (κ2) is 6.01. The van der Waals surface area contributed by atoms with Gasteiger partial charge in [0.15, 0.2) is 0 Å². The highest BCUT2D eigenvalue weighted by molar-refractivity contribution is 6.20. The van der Waals surface area contributed by atoms with Crippen LogP contribution in [0.5, 0.6) is 0 Å². The number of alkyl halides is 1. The summed E-state index contributed by atoms with van der Waals surface area (Å²) in [6.45, 7) is 3.06. The molecule has 1 N–H and O–H groups in total. The molecule has 106 valence electrons. The molecule has 1 aliphatic carbocycles. The maximum Gasteiger partial charge on any atom is 0.0725 e. The lowest BCUT2D eigenvalue weighted by molar-refractivity contribution is 0.378. The molecule has 2 atom stereocenters. The standard InChI is InChI=1S/C17H21ClN2/c1-12-9-17(15-7-2-3-8-16(15)20-12)19-11-13-5-4-6-14(18)10-13/h2-3,7-9,13-14H,4-6,10-11H2,1H3,(H,19,20). The highest BCUT2D eigenvalue weighted by atomic mass is 35.5. The van der Waals surface area contributed by atoms with Crippen LogP contribution in [-0.2, 0) is 0 Å². The van der Waals surface area contributed by atoms with Gasteiger partial charge < -0.3 is 5.32 Å². The maximum atomic E-state index is 6.28. The van der Waals surface area contributed by atoms with Crippen molar-refractivity contribution in [2.45, 2.75) is 38.0 Å². The number of nitrogens with zero attached hydrogens (tertiary/aromatic N) is 1. The number of para-hydroxylation sites is 1. The van der Waals surface area contributed by atoms with Gasteiger partial charge in [0.1, 0.15) is 0 Å². The number of pyridine rings is 1. The van der Waals surface area contributed by atoms with E-state index in [0.29, 0.717) is 11.3 Å². The summed E-state index contributed by atoms with van der Waals surface area (Å²) in [5, 5.41) is 5.19. The number of fused-ring (bicyclic) bond motifs is 1. The van der Waals surface area contributed by atoms with Crippen LogP contribution >= 0.6 is 11.6 Å². The lowest BCUT2D eigenvalue weighted by Gasteiger charge is -2.26. The first-order valence-electron chi connectivity index (χ1n) is 7.46. The summed E-state index contributed by atoms with van der Waals surface area (Å²) in [6, 6.07) is 10.5. The fourth-order valence-electron chi connectivity index (χ4n) is 3.12. The van der Waals surface area contributed by atoms with Gasteiger partial charge >= 0.3 is 0 Å². The Hall–Kier alpha value is -1.28. The average Bonchev–Trinajstić information content (AvgIpc) is 2.44. The first kappa shape index (κ1) is 13.7. The Morgan fingerprint density at radius 2 is 2.15 bits per heavy atom. The molecule has 1 aromatic heterocycles. The fourth-order valence-corrected chi connectivity index (χ4v) is 3.53. The van der Waals surface area contributed by atoms with Gasteiger partial charge in [-0.15, -0.1) is 11.6 Å². The number of nitrogens with one attached hydrogen (secondary N) is 1. The predicted octanol–water partition coefficient (Wildman–Crippen LogP) is 4.75. The smallest absolute Gasteiger partial charge is 0.0725 e. The minimum atomic E-state index is 0.367. The molecule has 0 radical (unpaired) electrons. The number of rotatable bonds is 3. The monoisotopic (exact) mass is 288 g/mol. The number of halogens is 1. The summed E-state index contributed by atoms with van der Waals surface area (Å²) >= 11 is 6.28. The molecule has 0 amide bonds. The van der Waals surface area contributed by atoms with Crippen LogP contribution in [0.2, 0.25) is 0 Å². The number of aryl methyl sites for hydroxylation is 1. The van der Waals surface area contributed by atoms with Crippen molar-refractivity contribution in [3.8, 4) is 0 Å². The van der Waals surface area contributed by atoms with E-state index in [1.54, 1.807) is 0 Å². The molecule has 2 unspecified atom stereocenters. The van der Waals surface area contributed by atoms with E-state index in [4.69, 9.17) is 11.6 Å². The fraction of sp³-hybridized carbons (Fsp3) is 0.471. The zero-order valence-corrected chi connectivity index (χ0v) is 12.7. The lowest BCUT2D eigenvalue weighted by Crippen LogP contribution is -2.22. The second-order valence-electron chi connectivity index (χ2n) is 5.84. The van der Waals surface area contributed by atoms with Gasteiger partial charge in [0.2, 0.25) is 0 Å². The van der Waals surface area contributed by atoms with Crippen LogP contribution in [0.3, 0.4) is 0 Å². The van der Waals surface area contributed by atoms with Crippen LogP contribution in [0.1, 0.15) is 31.4 Å². The molecular weight excluding hydrogens is 268 g/mol. The van der Waals surface area contributed by atoms with Crippen molar-refractivity contribution in [1.82, 2.24) is 4.98 Å². The molecule has 2 aromatic rings. The molecule has 1 heterocycles. The molecule has 0 saturated heterocycles. The molecule has 1 aliphatic rings. The lowest BCUT2D eigenvalue weighted by atomic mass is 9.89.